The van der Waals surface area contributed by atoms with Crippen LogP contribution in [0.1, 0.15) is 22.5 Å². The number of aryl methyl sites for hydroxylation is 3. The fraction of sp³-hybridized carbons (Fsp3) is 0.286. The molecule has 0 aliphatic carbocycles. The first-order chi connectivity index (χ1) is 8.90. The lowest BCUT2D eigenvalue weighted by Gasteiger charge is -2.11. The van der Waals surface area contributed by atoms with E-state index in [0.29, 0.717) is 11.3 Å². The minimum atomic E-state index is -0.00537. The standard InChI is InChI=1S/C14H18N4O/c1-8-5-6-11(14(15)16)12(7-8)19-13-9(2)17-18(4)10(13)3/h5-7H,1-4H3,(H3,15,16). The number of nitrogens with two attached hydrogens (primary N) is 1. The third kappa shape index (κ3) is 2.45. The second-order valence-corrected chi connectivity index (χ2v) is 4.64. The summed E-state index contributed by atoms with van der Waals surface area (Å²) >= 11 is 0. The van der Waals surface area contributed by atoms with Crippen LogP contribution in [0.3, 0.4) is 0 Å². The number of nitrogen functional groups attached to an aromatic ring is 1. The molecule has 1 aromatic heterocycles. The maximum atomic E-state index is 7.60. The van der Waals surface area contributed by atoms with E-state index >= 15 is 0 Å². The van der Waals surface area contributed by atoms with E-state index in [0.717, 1.165) is 22.7 Å². The van der Waals surface area contributed by atoms with Crippen LogP contribution in [0.15, 0.2) is 18.2 Å². The molecular weight excluding hydrogens is 240 g/mol. The van der Waals surface area contributed by atoms with E-state index in [4.69, 9.17) is 15.9 Å². The van der Waals surface area contributed by atoms with Gasteiger partial charge in [0.2, 0.25) is 0 Å². The third-order valence-corrected chi connectivity index (χ3v) is 3.08. The average Bonchev–Trinajstić information content (AvgIpc) is 2.56. The first kappa shape index (κ1) is 13.1. The number of amidine groups is 1. The topological polar surface area (TPSA) is 76.9 Å². The quantitative estimate of drug-likeness (QED) is 0.655. The predicted octanol–water partition coefficient (Wildman–Crippen LogP) is 2.42. The van der Waals surface area contributed by atoms with Gasteiger partial charge in [-0.05, 0) is 38.5 Å². The Kier molecular flexibility index (Phi) is 3.29. The van der Waals surface area contributed by atoms with E-state index in [9.17, 15) is 0 Å². The number of nitrogens with zero attached hydrogens (tertiary/aromatic N) is 2. The van der Waals surface area contributed by atoms with Crippen molar-refractivity contribution in [2.45, 2.75) is 20.8 Å². The number of aromatic nitrogens is 2. The van der Waals surface area contributed by atoms with Crippen LogP contribution in [0.25, 0.3) is 0 Å². The van der Waals surface area contributed by atoms with Gasteiger partial charge >= 0.3 is 0 Å². The molecule has 5 heteroatoms. The fourth-order valence-electron chi connectivity index (χ4n) is 1.95. The van der Waals surface area contributed by atoms with Crippen molar-refractivity contribution in [3.05, 3.63) is 40.7 Å². The van der Waals surface area contributed by atoms with Gasteiger partial charge in [0.05, 0.1) is 11.3 Å². The summed E-state index contributed by atoms with van der Waals surface area (Å²) in [5, 5.41) is 11.9. The third-order valence-electron chi connectivity index (χ3n) is 3.08. The van der Waals surface area contributed by atoms with Gasteiger partial charge in [-0.1, -0.05) is 6.07 Å². The van der Waals surface area contributed by atoms with Gasteiger partial charge in [-0.15, -0.1) is 0 Å². The number of rotatable bonds is 3. The molecule has 5 nitrogen and oxygen atoms in total. The summed E-state index contributed by atoms with van der Waals surface area (Å²) in [6, 6.07) is 5.59. The van der Waals surface area contributed by atoms with Crippen molar-refractivity contribution in [3.63, 3.8) is 0 Å². The number of nitrogens with one attached hydrogen (secondary N) is 1. The molecule has 2 aromatic rings. The molecule has 1 heterocycles. The molecule has 0 spiro atoms. The van der Waals surface area contributed by atoms with Crippen LogP contribution in [0.4, 0.5) is 0 Å². The van der Waals surface area contributed by atoms with Crippen molar-refractivity contribution in [2.75, 3.05) is 0 Å². The van der Waals surface area contributed by atoms with Crippen LogP contribution in [-0.4, -0.2) is 15.6 Å². The number of hydrogen-bond acceptors (Lipinski definition) is 3. The molecule has 3 N–H and O–H groups in total. The number of ether oxygens (including phenoxy) is 1. The van der Waals surface area contributed by atoms with Crippen molar-refractivity contribution < 1.29 is 4.74 Å². The second-order valence-electron chi connectivity index (χ2n) is 4.64. The number of hydrogen-bond donors (Lipinski definition) is 2. The largest absolute Gasteiger partial charge is 0.453 e. The van der Waals surface area contributed by atoms with Crippen molar-refractivity contribution in [1.29, 1.82) is 5.41 Å². The van der Waals surface area contributed by atoms with Crippen molar-refractivity contribution in [1.82, 2.24) is 9.78 Å². The van der Waals surface area contributed by atoms with Crippen molar-refractivity contribution in [3.8, 4) is 11.5 Å². The Bertz CT molecular complexity index is 643. The highest BCUT2D eigenvalue weighted by atomic mass is 16.5. The SMILES string of the molecule is Cc1ccc(C(=N)N)c(Oc2c(C)nn(C)c2C)c1. The Balaban J connectivity index is 2.48. The predicted molar refractivity (Wildman–Crippen MR) is 75.0 cm³/mol. The summed E-state index contributed by atoms with van der Waals surface area (Å²) in [6.07, 6.45) is 0. The van der Waals surface area contributed by atoms with Gasteiger partial charge in [-0.2, -0.15) is 5.10 Å². The molecule has 0 atom stereocenters. The minimum absolute atomic E-state index is 0.00537. The summed E-state index contributed by atoms with van der Waals surface area (Å²) in [7, 11) is 1.87. The van der Waals surface area contributed by atoms with E-state index < -0.39 is 0 Å². The van der Waals surface area contributed by atoms with Gasteiger partial charge < -0.3 is 10.5 Å². The number of benzene rings is 1. The molecule has 0 amide bonds. The van der Waals surface area contributed by atoms with Crippen LogP contribution in [0.5, 0.6) is 11.5 Å². The van der Waals surface area contributed by atoms with Gasteiger partial charge in [-0.3, -0.25) is 10.1 Å². The summed E-state index contributed by atoms with van der Waals surface area (Å²) in [4.78, 5) is 0. The Labute approximate surface area is 112 Å². The molecule has 100 valence electrons. The smallest absolute Gasteiger partial charge is 0.171 e. The second kappa shape index (κ2) is 4.76. The summed E-state index contributed by atoms with van der Waals surface area (Å²) < 4.78 is 7.70. The Morgan fingerprint density at radius 1 is 1.32 bits per heavy atom. The minimum Gasteiger partial charge on any atom is -0.453 e. The molecule has 0 aliphatic rings. The zero-order chi connectivity index (χ0) is 14.2. The van der Waals surface area contributed by atoms with Crippen LogP contribution >= 0.6 is 0 Å². The maximum Gasteiger partial charge on any atom is 0.171 e. The molecule has 0 aliphatic heterocycles. The molecule has 0 unspecified atom stereocenters. The molecule has 2 rings (SSSR count). The highest BCUT2D eigenvalue weighted by Crippen LogP contribution is 2.30. The zero-order valence-electron chi connectivity index (χ0n) is 11.6. The molecule has 19 heavy (non-hydrogen) atoms. The van der Waals surface area contributed by atoms with Gasteiger partial charge in [0, 0.05) is 7.05 Å². The molecular formula is C14H18N4O. The normalized spacial score (nSPS) is 10.5. The van der Waals surface area contributed by atoms with Gasteiger partial charge in [0.15, 0.2) is 5.75 Å². The van der Waals surface area contributed by atoms with Crippen molar-refractivity contribution in [2.24, 2.45) is 12.8 Å². The van der Waals surface area contributed by atoms with Gasteiger partial charge in [0.1, 0.15) is 17.3 Å². The average molecular weight is 258 g/mol. The molecule has 0 fully saturated rings. The molecule has 0 radical (unpaired) electrons. The Hall–Kier alpha value is -2.30. The molecule has 0 saturated heterocycles. The summed E-state index contributed by atoms with van der Waals surface area (Å²) in [6.45, 7) is 5.81. The van der Waals surface area contributed by atoms with Gasteiger partial charge in [-0.25, -0.2) is 0 Å². The maximum absolute atomic E-state index is 7.60. The highest BCUT2D eigenvalue weighted by Gasteiger charge is 2.15. The van der Waals surface area contributed by atoms with E-state index in [-0.39, 0.29) is 5.84 Å². The van der Waals surface area contributed by atoms with Gasteiger partial charge in [0.25, 0.3) is 0 Å². The van der Waals surface area contributed by atoms with E-state index in [1.807, 2.05) is 40.0 Å². The zero-order valence-corrected chi connectivity index (χ0v) is 11.6. The molecule has 0 saturated carbocycles. The Morgan fingerprint density at radius 3 is 2.53 bits per heavy atom. The van der Waals surface area contributed by atoms with Crippen LogP contribution in [0, 0.1) is 26.2 Å². The first-order valence-electron chi connectivity index (χ1n) is 6.03. The lowest BCUT2D eigenvalue weighted by Crippen LogP contribution is -2.12. The highest BCUT2D eigenvalue weighted by molar-refractivity contribution is 5.97. The van der Waals surface area contributed by atoms with Crippen molar-refractivity contribution >= 4 is 5.84 Å². The summed E-state index contributed by atoms with van der Waals surface area (Å²) in [5.74, 6) is 1.30. The van der Waals surface area contributed by atoms with Crippen LogP contribution in [-0.2, 0) is 7.05 Å². The lowest BCUT2D eigenvalue weighted by atomic mass is 10.1. The fourth-order valence-corrected chi connectivity index (χ4v) is 1.95. The molecule has 0 bridgehead atoms. The van der Waals surface area contributed by atoms with E-state index in [1.54, 1.807) is 10.7 Å². The monoisotopic (exact) mass is 258 g/mol. The lowest BCUT2D eigenvalue weighted by molar-refractivity contribution is 0.472. The molecule has 1 aromatic carbocycles. The first-order valence-corrected chi connectivity index (χ1v) is 6.03. The van der Waals surface area contributed by atoms with E-state index in [1.165, 1.54) is 0 Å². The Morgan fingerprint density at radius 2 is 2.00 bits per heavy atom. The van der Waals surface area contributed by atoms with Crippen LogP contribution < -0.4 is 10.5 Å². The van der Waals surface area contributed by atoms with Crippen LogP contribution in [0.2, 0.25) is 0 Å². The van der Waals surface area contributed by atoms with E-state index in [2.05, 4.69) is 5.10 Å². The summed E-state index contributed by atoms with van der Waals surface area (Å²) in [5.41, 5.74) is 8.98.